The molecule has 1 unspecified atom stereocenters. The number of Topliss-reactive ketones (excluding diaryl/α,β-unsaturated/α-hetero) is 1. The molecule has 1 aliphatic rings. The Hall–Kier alpha value is -0.940. The minimum Gasteiger partial charge on any atom is -0.460 e. The SMILES string of the molecule is COC(C(=O)CC(=O)OC(C)(C)C)C1CCOCC1. The van der Waals surface area contributed by atoms with Gasteiger partial charge >= 0.3 is 5.97 Å². The lowest BCUT2D eigenvalue weighted by molar-refractivity contribution is -0.158. The molecule has 0 N–H and O–H groups in total. The summed E-state index contributed by atoms with van der Waals surface area (Å²) in [6.07, 6.45) is 0.820. The van der Waals surface area contributed by atoms with Crippen molar-refractivity contribution in [1.29, 1.82) is 0 Å². The predicted molar refractivity (Wildman–Crippen MR) is 69.8 cm³/mol. The first kappa shape index (κ1) is 16.1. The molecular formula is C14H24O5. The van der Waals surface area contributed by atoms with Crippen molar-refractivity contribution < 1.29 is 23.8 Å². The molecule has 1 rings (SSSR count). The largest absolute Gasteiger partial charge is 0.460 e. The highest BCUT2D eigenvalue weighted by Crippen LogP contribution is 2.22. The van der Waals surface area contributed by atoms with Crippen LogP contribution in [0.1, 0.15) is 40.0 Å². The van der Waals surface area contributed by atoms with Crippen molar-refractivity contribution in [2.24, 2.45) is 5.92 Å². The van der Waals surface area contributed by atoms with Crippen molar-refractivity contribution in [2.45, 2.75) is 51.7 Å². The summed E-state index contributed by atoms with van der Waals surface area (Å²) >= 11 is 0. The van der Waals surface area contributed by atoms with Gasteiger partial charge in [0, 0.05) is 20.3 Å². The van der Waals surface area contributed by atoms with Crippen LogP contribution in [0.25, 0.3) is 0 Å². The molecule has 0 saturated carbocycles. The van der Waals surface area contributed by atoms with E-state index in [0.29, 0.717) is 13.2 Å². The average molecular weight is 272 g/mol. The summed E-state index contributed by atoms with van der Waals surface area (Å²) in [5.41, 5.74) is -0.571. The second-order valence-electron chi connectivity index (χ2n) is 5.84. The van der Waals surface area contributed by atoms with E-state index in [1.807, 2.05) is 0 Å². The van der Waals surface area contributed by atoms with Crippen LogP contribution in [0.2, 0.25) is 0 Å². The molecule has 1 saturated heterocycles. The molecule has 0 bridgehead atoms. The van der Waals surface area contributed by atoms with Crippen LogP contribution in [-0.4, -0.2) is 43.8 Å². The lowest BCUT2D eigenvalue weighted by atomic mass is 9.90. The fourth-order valence-electron chi connectivity index (χ4n) is 2.23. The van der Waals surface area contributed by atoms with E-state index in [2.05, 4.69) is 0 Å². The van der Waals surface area contributed by atoms with Crippen molar-refractivity contribution in [3.8, 4) is 0 Å². The van der Waals surface area contributed by atoms with Crippen LogP contribution in [0.5, 0.6) is 0 Å². The lowest BCUT2D eigenvalue weighted by Crippen LogP contribution is -2.37. The number of carbonyl (C=O) groups is 2. The number of esters is 1. The number of ether oxygens (including phenoxy) is 3. The fourth-order valence-corrected chi connectivity index (χ4v) is 2.23. The fraction of sp³-hybridized carbons (Fsp3) is 0.857. The highest BCUT2D eigenvalue weighted by atomic mass is 16.6. The van der Waals surface area contributed by atoms with Gasteiger partial charge in [0.05, 0.1) is 0 Å². The van der Waals surface area contributed by atoms with Crippen LogP contribution in [0.4, 0.5) is 0 Å². The van der Waals surface area contributed by atoms with Gasteiger partial charge in [-0.25, -0.2) is 0 Å². The first-order valence-electron chi connectivity index (χ1n) is 6.68. The Bertz CT molecular complexity index is 312. The zero-order chi connectivity index (χ0) is 14.5. The number of rotatable bonds is 5. The molecule has 0 aromatic carbocycles. The monoisotopic (exact) mass is 272 g/mol. The summed E-state index contributed by atoms with van der Waals surface area (Å²) in [4.78, 5) is 23.8. The van der Waals surface area contributed by atoms with E-state index in [1.54, 1.807) is 20.8 Å². The van der Waals surface area contributed by atoms with Gasteiger partial charge in [-0.05, 0) is 39.5 Å². The summed E-state index contributed by atoms with van der Waals surface area (Å²) in [6.45, 7) is 6.62. The number of carbonyl (C=O) groups excluding carboxylic acids is 2. The number of hydrogen-bond donors (Lipinski definition) is 0. The van der Waals surface area contributed by atoms with E-state index in [-0.39, 0.29) is 18.1 Å². The van der Waals surface area contributed by atoms with E-state index in [4.69, 9.17) is 14.2 Å². The molecule has 0 aliphatic carbocycles. The molecule has 5 nitrogen and oxygen atoms in total. The summed E-state index contributed by atoms with van der Waals surface area (Å²) in [7, 11) is 1.51. The molecule has 19 heavy (non-hydrogen) atoms. The maximum absolute atomic E-state index is 12.1. The zero-order valence-corrected chi connectivity index (χ0v) is 12.2. The van der Waals surface area contributed by atoms with Gasteiger partial charge in [0.1, 0.15) is 18.1 Å². The molecule has 110 valence electrons. The maximum Gasteiger partial charge on any atom is 0.313 e. The van der Waals surface area contributed by atoms with E-state index in [1.165, 1.54) is 7.11 Å². The van der Waals surface area contributed by atoms with Crippen molar-refractivity contribution in [3.05, 3.63) is 0 Å². The molecule has 0 aromatic heterocycles. The maximum atomic E-state index is 12.1. The minimum atomic E-state index is -0.571. The molecule has 1 atom stereocenters. The first-order valence-corrected chi connectivity index (χ1v) is 6.68. The molecule has 0 radical (unpaired) electrons. The van der Waals surface area contributed by atoms with Gasteiger partial charge in [-0.15, -0.1) is 0 Å². The summed E-state index contributed by atoms with van der Waals surface area (Å²) in [6, 6.07) is 0. The third-order valence-electron chi connectivity index (χ3n) is 3.00. The average Bonchev–Trinajstić information content (AvgIpc) is 2.28. The molecule has 0 spiro atoms. The van der Waals surface area contributed by atoms with Crippen molar-refractivity contribution >= 4 is 11.8 Å². The molecular weight excluding hydrogens is 248 g/mol. The number of hydrogen-bond acceptors (Lipinski definition) is 5. The Morgan fingerprint density at radius 2 is 1.84 bits per heavy atom. The van der Waals surface area contributed by atoms with Gasteiger partial charge in [-0.3, -0.25) is 9.59 Å². The standard InChI is InChI=1S/C14H24O5/c1-14(2,3)19-12(16)9-11(15)13(17-4)10-5-7-18-8-6-10/h10,13H,5-9H2,1-4H3. The molecule has 0 amide bonds. The zero-order valence-electron chi connectivity index (χ0n) is 12.2. The second-order valence-corrected chi connectivity index (χ2v) is 5.84. The summed E-state index contributed by atoms with van der Waals surface area (Å²) < 4.78 is 15.7. The molecule has 5 heteroatoms. The van der Waals surface area contributed by atoms with E-state index >= 15 is 0 Å². The van der Waals surface area contributed by atoms with Crippen molar-refractivity contribution in [1.82, 2.24) is 0 Å². The van der Waals surface area contributed by atoms with Crippen LogP contribution in [0.3, 0.4) is 0 Å². The van der Waals surface area contributed by atoms with Crippen LogP contribution in [0, 0.1) is 5.92 Å². The molecule has 1 heterocycles. The highest BCUT2D eigenvalue weighted by molar-refractivity contribution is 5.98. The normalized spacial score (nSPS) is 18.9. The predicted octanol–water partition coefficient (Wildman–Crippen LogP) is 1.73. The van der Waals surface area contributed by atoms with Crippen molar-refractivity contribution in [2.75, 3.05) is 20.3 Å². The van der Waals surface area contributed by atoms with Crippen LogP contribution < -0.4 is 0 Å². The molecule has 0 aromatic rings. The topological polar surface area (TPSA) is 61.8 Å². The van der Waals surface area contributed by atoms with Crippen LogP contribution in [-0.2, 0) is 23.8 Å². The van der Waals surface area contributed by atoms with Gasteiger partial charge < -0.3 is 14.2 Å². The highest BCUT2D eigenvalue weighted by Gasteiger charge is 2.31. The van der Waals surface area contributed by atoms with E-state index in [9.17, 15) is 9.59 Å². The van der Waals surface area contributed by atoms with Gasteiger partial charge in [0.2, 0.25) is 0 Å². The van der Waals surface area contributed by atoms with Crippen LogP contribution in [0.15, 0.2) is 0 Å². The quantitative estimate of drug-likeness (QED) is 0.563. The Kier molecular flexibility index (Phi) is 5.94. The second kappa shape index (κ2) is 7.01. The lowest BCUT2D eigenvalue weighted by Gasteiger charge is -2.28. The summed E-state index contributed by atoms with van der Waals surface area (Å²) in [5.74, 6) is -0.566. The Balaban J connectivity index is 2.51. The minimum absolute atomic E-state index is 0.133. The molecule has 1 aliphatic heterocycles. The van der Waals surface area contributed by atoms with Crippen molar-refractivity contribution in [3.63, 3.8) is 0 Å². The Morgan fingerprint density at radius 1 is 1.26 bits per heavy atom. The molecule has 1 fully saturated rings. The van der Waals surface area contributed by atoms with Crippen LogP contribution >= 0.6 is 0 Å². The summed E-state index contributed by atoms with van der Waals surface area (Å²) in [5, 5.41) is 0. The van der Waals surface area contributed by atoms with Gasteiger partial charge in [-0.2, -0.15) is 0 Å². The van der Waals surface area contributed by atoms with E-state index in [0.717, 1.165) is 12.8 Å². The van der Waals surface area contributed by atoms with Gasteiger partial charge in [-0.1, -0.05) is 0 Å². The van der Waals surface area contributed by atoms with E-state index < -0.39 is 17.7 Å². The Labute approximate surface area is 114 Å². The third kappa shape index (κ3) is 5.70. The smallest absolute Gasteiger partial charge is 0.313 e. The number of methoxy groups -OCH3 is 1. The Morgan fingerprint density at radius 3 is 2.32 bits per heavy atom. The number of ketones is 1. The van der Waals surface area contributed by atoms with Gasteiger partial charge in [0.15, 0.2) is 5.78 Å². The third-order valence-corrected chi connectivity index (χ3v) is 3.00. The van der Waals surface area contributed by atoms with Gasteiger partial charge in [0.25, 0.3) is 0 Å². The first-order chi connectivity index (χ1) is 8.83.